The van der Waals surface area contributed by atoms with Gasteiger partial charge in [-0.2, -0.15) is 0 Å². The second-order valence-corrected chi connectivity index (χ2v) is 6.49. The monoisotopic (exact) mass is 352 g/mol. The summed E-state index contributed by atoms with van der Waals surface area (Å²) >= 11 is 0. The number of hydrogen-bond donors (Lipinski definition) is 0. The molecule has 130 valence electrons. The Balaban J connectivity index is 0.000000368. The maximum absolute atomic E-state index is 8.49. The van der Waals surface area contributed by atoms with Crippen molar-refractivity contribution in [2.45, 2.75) is 45.4 Å². The van der Waals surface area contributed by atoms with Crippen LogP contribution in [0.5, 0.6) is 0 Å². The number of hydrogen-bond acceptors (Lipinski definition) is 4. The van der Waals surface area contributed by atoms with Crippen LogP contribution in [0.1, 0.15) is 43.1 Å². The van der Waals surface area contributed by atoms with E-state index in [1.165, 1.54) is 48.1 Å². The lowest BCUT2D eigenvalue weighted by Gasteiger charge is -2.17. The smallest absolute Gasteiger partial charge is 0.222 e. The second kappa shape index (κ2) is 8.55. The summed E-state index contributed by atoms with van der Waals surface area (Å²) in [6.07, 6.45) is 7.24. The Bertz CT molecular complexity index is 646. The third kappa shape index (κ3) is 5.85. The molecule has 0 aliphatic heterocycles. The summed E-state index contributed by atoms with van der Waals surface area (Å²) < 4.78 is 40.2. The van der Waals surface area contributed by atoms with E-state index in [2.05, 4.69) is 43.3 Å². The molecule has 0 saturated heterocycles. The molecular weight excluding hydrogens is 332 g/mol. The van der Waals surface area contributed by atoms with E-state index in [4.69, 9.17) is 23.1 Å². The topological polar surface area (TPSA) is 104 Å². The summed E-state index contributed by atoms with van der Waals surface area (Å²) in [6, 6.07) is 12.7. The van der Waals surface area contributed by atoms with E-state index < -0.39 is 10.2 Å². The van der Waals surface area contributed by atoms with Crippen molar-refractivity contribution < 1.29 is 33.3 Å². The van der Waals surface area contributed by atoms with Crippen LogP contribution in [0.4, 0.5) is 0 Å². The highest BCUT2D eigenvalue weighted by atomic mass is 35.7. The van der Waals surface area contributed by atoms with E-state index in [-0.39, 0.29) is 0 Å². The van der Waals surface area contributed by atoms with Gasteiger partial charge in [0.15, 0.2) is 0 Å². The normalized spacial score (nSPS) is 13.7. The fraction of sp³-hybridized carbons (Fsp3) is 0.389. The van der Waals surface area contributed by atoms with Crippen LogP contribution in [0, 0.1) is 10.2 Å². The zero-order valence-corrected chi connectivity index (χ0v) is 14.4. The molecule has 1 aromatic carbocycles. The maximum atomic E-state index is 8.49. The van der Waals surface area contributed by atoms with Gasteiger partial charge in [-0.3, -0.25) is 0 Å². The Morgan fingerprint density at radius 1 is 1.00 bits per heavy atom. The Morgan fingerprint density at radius 3 is 2.25 bits per heavy atom. The molecule has 0 amide bonds. The van der Waals surface area contributed by atoms with Crippen LogP contribution in [0.15, 0.2) is 40.8 Å². The molecule has 2 aromatic rings. The van der Waals surface area contributed by atoms with Gasteiger partial charge in [-0.1, -0.05) is 25.1 Å². The molecule has 0 N–H and O–H groups in total. The number of rotatable bonds is 3. The maximum Gasteiger partial charge on any atom is 0.360 e. The zero-order valence-electron chi connectivity index (χ0n) is 13.6. The number of benzene rings is 1. The van der Waals surface area contributed by atoms with Crippen LogP contribution in [0.3, 0.4) is 0 Å². The first-order valence-electron chi connectivity index (χ1n) is 8.03. The molecule has 1 heterocycles. The van der Waals surface area contributed by atoms with E-state index in [9.17, 15) is 0 Å². The van der Waals surface area contributed by atoms with Crippen LogP contribution in [-0.4, -0.2) is 0 Å². The minimum atomic E-state index is -4.94. The lowest BCUT2D eigenvalue weighted by molar-refractivity contribution is -2.00. The number of halogens is 1. The molecule has 0 spiro atoms. The van der Waals surface area contributed by atoms with Gasteiger partial charge in [-0.25, -0.2) is 23.1 Å². The predicted octanol–water partition coefficient (Wildman–Crippen LogP) is 0.303. The molecule has 0 fully saturated rings. The van der Waals surface area contributed by atoms with Crippen LogP contribution in [0.25, 0.3) is 11.3 Å². The number of fused-ring (bicyclic) bond motifs is 1. The van der Waals surface area contributed by atoms with E-state index in [0.717, 1.165) is 18.6 Å². The summed E-state index contributed by atoms with van der Waals surface area (Å²) in [5.74, 6) is 2.25. The molecule has 6 heteroatoms. The van der Waals surface area contributed by atoms with Crippen molar-refractivity contribution in [3.63, 3.8) is 0 Å². The Kier molecular flexibility index (Phi) is 6.71. The highest BCUT2D eigenvalue weighted by Crippen LogP contribution is 2.31. The van der Waals surface area contributed by atoms with Crippen LogP contribution in [0.2, 0.25) is 0 Å². The van der Waals surface area contributed by atoms with Crippen molar-refractivity contribution in [1.82, 2.24) is 0 Å². The molecule has 0 unspecified atom stereocenters. The molecule has 1 aromatic heterocycles. The van der Waals surface area contributed by atoms with Crippen LogP contribution in [-0.2, 0) is 19.3 Å². The average molecular weight is 353 g/mol. The summed E-state index contributed by atoms with van der Waals surface area (Å²) in [4.78, 5) is 0. The highest BCUT2D eigenvalue weighted by molar-refractivity contribution is 5.58. The first-order valence-corrected chi connectivity index (χ1v) is 9.27. The second-order valence-electron chi connectivity index (χ2n) is 5.74. The average Bonchev–Trinajstić information content (AvgIpc) is 2.54. The van der Waals surface area contributed by atoms with Gasteiger partial charge < -0.3 is 0 Å². The Morgan fingerprint density at radius 2 is 1.62 bits per heavy atom. The van der Waals surface area contributed by atoms with E-state index in [1.807, 2.05) is 0 Å². The van der Waals surface area contributed by atoms with Crippen molar-refractivity contribution in [1.29, 1.82) is 0 Å². The van der Waals surface area contributed by atoms with Crippen molar-refractivity contribution in [3.05, 3.63) is 53.3 Å². The molecule has 0 atom stereocenters. The fourth-order valence-corrected chi connectivity index (χ4v) is 2.96. The van der Waals surface area contributed by atoms with Gasteiger partial charge >= 0.3 is 11.5 Å². The predicted molar refractivity (Wildman–Crippen MR) is 79.2 cm³/mol. The summed E-state index contributed by atoms with van der Waals surface area (Å²) in [5.41, 5.74) is 4.20. The highest BCUT2D eigenvalue weighted by Gasteiger charge is 2.25. The van der Waals surface area contributed by atoms with Gasteiger partial charge in [-0.15, -0.1) is 10.2 Å². The molecule has 0 radical (unpaired) electrons. The van der Waals surface area contributed by atoms with Gasteiger partial charge in [0.1, 0.15) is 0 Å². The first-order chi connectivity index (χ1) is 11.4. The van der Waals surface area contributed by atoms with E-state index in [0.29, 0.717) is 0 Å². The standard InChI is InChI=1S/C18H21O.ClHO4/c1-2-8-17-16-12-7-6-11-15(16)13-18(19-17)14-9-4-3-5-10-14;2-1(3,4)5/h3-5,9-10,13H,2,6-8,11-12H2,1H3;(H,2,3,4,5)/q+1;/p-1. The van der Waals surface area contributed by atoms with Crippen LogP contribution >= 0.6 is 0 Å². The minimum Gasteiger partial charge on any atom is -0.222 e. The lowest BCUT2D eigenvalue weighted by Crippen LogP contribution is -2.68. The Labute approximate surface area is 143 Å². The molecule has 24 heavy (non-hydrogen) atoms. The molecule has 0 bridgehead atoms. The van der Waals surface area contributed by atoms with E-state index in [1.54, 1.807) is 0 Å². The number of aryl methyl sites for hydroxylation is 2. The van der Waals surface area contributed by atoms with Crippen molar-refractivity contribution in [2.24, 2.45) is 0 Å². The summed E-state index contributed by atoms with van der Waals surface area (Å²) in [7, 11) is -4.94. The minimum absolute atomic E-state index is 1.03. The van der Waals surface area contributed by atoms with Gasteiger partial charge in [0.05, 0.1) is 17.5 Å². The largest absolute Gasteiger partial charge is 0.360 e. The Hall–Kier alpha value is -1.50. The first kappa shape index (κ1) is 18.8. The quantitative estimate of drug-likeness (QED) is 0.739. The van der Waals surface area contributed by atoms with Crippen LogP contribution < -0.4 is 18.6 Å². The molecule has 3 rings (SSSR count). The summed E-state index contributed by atoms with van der Waals surface area (Å²) in [6.45, 7) is 2.22. The third-order valence-corrected chi connectivity index (χ3v) is 3.92. The zero-order chi connectivity index (χ0) is 17.6. The SMILES string of the molecule is CCCc1[o+]c(-c2ccccc2)cc2c1CCCC2.[O-][Cl+3]([O-])([O-])[O-]. The molecular formula is C18H21ClO5. The summed E-state index contributed by atoms with van der Waals surface area (Å²) in [5, 5.41) is 0. The lowest BCUT2D eigenvalue weighted by atomic mass is 9.89. The third-order valence-electron chi connectivity index (χ3n) is 3.92. The van der Waals surface area contributed by atoms with Gasteiger partial charge in [0, 0.05) is 6.07 Å². The fourth-order valence-electron chi connectivity index (χ4n) is 2.96. The molecule has 0 saturated carbocycles. The molecule has 5 nitrogen and oxygen atoms in total. The van der Waals surface area contributed by atoms with Gasteiger partial charge in [0.2, 0.25) is 0 Å². The van der Waals surface area contributed by atoms with E-state index >= 15 is 0 Å². The van der Waals surface area contributed by atoms with Gasteiger partial charge in [-0.05, 0) is 49.8 Å². The van der Waals surface area contributed by atoms with Crippen molar-refractivity contribution in [2.75, 3.05) is 0 Å². The molecule has 1 aliphatic rings. The van der Waals surface area contributed by atoms with Crippen molar-refractivity contribution >= 4 is 0 Å². The van der Waals surface area contributed by atoms with Gasteiger partial charge in [0.25, 0.3) is 0 Å². The molecule has 1 aliphatic carbocycles. The van der Waals surface area contributed by atoms with Crippen molar-refractivity contribution in [3.8, 4) is 11.3 Å².